The Balaban J connectivity index is 2.37. The molecule has 0 saturated carbocycles. The standard InChI is InChI=1S/C14H24N2O2/c1-3-14(2,16-8-10-18-11-9-17)12-13-6-4-5-7-15-13/h4-7,16-17H,3,8-12H2,1-2H3. The maximum Gasteiger partial charge on any atom is 0.0698 e. The van der Waals surface area contributed by atoms with Gasteiger partial charge >= 0.3 is 0 Å². The quantitative estimate of drug-likeness (QED) is 0.652. The van der Waals surface area contributed by atoms with Crippen molar-refractivity contribution in [2.75, 3.05) is 26.4 Å². The molecule has 0 spiro atoms. The minimum Gasteiger partial charge on any atom is -0.394 e. The van der Waals surface area contributed by atoms with Gasteiger partial charge in [0.15, 0.2) is 0 Å². The fourth-order valence-corrected chi connectivity index (χ4v) is 1.81. The lowest BCUT2D eigenvalue weighted by Crippen LogP contribution is -2.45. The van der Waals surface area contributed by atoms with Gasteiger partial charge in [-0.3, -0.25) is 4.98 Å². The second-order valence-corrected chi connectivity index (χ2v) is 4.67. The first kappa shape index (κ1) is 15.1. The number of aliphatic hydroxyl groups excluding tert-OH is 1. The number of ether oxygens (including phenoxy) is 1. The first-order valence-electron chi connectivity index (χ1n) is 6.54. The van der Waals surface area contributed by atoms with E-state index in [1.165, 1.54) is 0 Å². The van der Waals surface area contributed by atoms with E-state index in [9.17, 15) is 0 Å². The van der Waals surface area contributed by atoms with E-state index in [4.69, 9.17) is 9.84 Å². The second-order valence-electron chi connectivity index (χ2n) is 4.67. The lowest BCUT2D eigenvalue weighted by molar-refractivity contribution is 0.0895. The van der Waals surface area contributed by atoms with Crippen LogP contribution in [0.3, 0.4) is 0 Å². The van der Waals surface area contributed by atoms with Crippen molar-refractivity contribution in [1.82, 2.24) is 10.3 Å². The third-order valence-electron chi connectivity index (χ3n) is 3.11. The van der Waals surface area contributed by atoms with Crippen LogP contribution in [0.5, 0.6) is 0 Å². The average molecular weight is 252 g/mol. The van der Waals surface area contributed by atoms with Gasteiger partial charge in [0, 0.05) is 30.4 Å². The first-order valence-corrected chi connectivity index (χ1v) is 6.54. The van der Waals surface area contributed by atoms with Crippen LogP contribution in [0.2, 0.25) is 0 Å². The fourth-order valence-electron chi connectivity index (χ4n) is 1.81. The number of nitrogens with zero attached hydrogens (tertiary/aromatic N) is 1. The Morgan fingerprint density at radius 1 is 1.39 bits per heavy atom. The summed E-state index contributed by atoms with van der Waals surface area (Å²) < 4.78 is 5.24. The van der Waals surface area contributed by atoms with Crippen LogP contribution in [-0.2, 0) is 11.2 Å². The molecular formula is C14H24N2O2. The molecule has 18 heavy (non-hydrogen) atoms. The Kier molecular flexibility index (Phi) is 6.86. The van der Waals surface area contributed by atoms with Gasteiger partial charge in [-0.05, 0) is 25.5 Å². The molecule has 0 saturated heterocycles. The van der Waals surface area contributed by atoms with Gasteiger partial charge in [0.1, 0.15) is 0 Å². The first-order chi connectivity index (χ1) is 8.70. The highest BCUT2D eigenvalue weighted by molar-refractivity contribution is 5.07. The van der Waals surface area contributed by atoms with Gasteiger partial charge in [0.2, 0.25) is 0 Å². The van der Waals surface area contributed by atoms with E-state index in [1.54, 1.807) is 0 Å². The summed E-state index contributed by atoms with van der Waals surface area (Å²) in [6, 6.07) is 6.00. The molecule has 4 nitrogen and oxygen atoms in total. The number of aromatic nitrogens is 1. The van der Waals surface area contributed by atoms with Gasteiger partial charge in [-0.2, -0.15) is 0 Å². The van der Waals surface area contributed by atoms with Gasteiger partial charge in [0.05, 0.1) is 19.8 Å². The molecule has 0 radical (unpaired) electrons. The van der Waals surface area contributed by atoms with E-state index < -0.39 is 0 Å². The van der Waals surface area contributed by atoms with E-state index in [1.807, 2.05) is 18.3 Å². The fraction of sp³-hybridized carbons (Fsp3) is 0.643. The summed E-state index contributed by atoms with van der Waals surface area (Å²) in [6.45, 7) is 6.28. The molecule has 1 atom stereocenters. The van der Waals surface area contributed by atoms with E-state index in [0.29, 0.717) is 13.2 Å². The van der Waals surface area contributed by atoms with Crippen molar-refractivity contribution in [2.24, 2.45) is 0 Å². The lowest BCUT2D eigenvalue weighted by atomic mass is 9.92. The number of hydrogen-bond donors (Lipinski definition) is 2. The molecule has 4 heteroatoms. The molecule has 0 aromatic carbocycles. The second kappa shape index (κ2) is 8.19. The van der Waals surface area contributed by atoms with Crippen LogP contribution in [0, 0.1) is 0 Å². The zero-order chi connectivity index (χ0) is 13.3. The molecule has 0 fully saturated rings. The smallest absolute Gasteiger partial charge is 0.0698 e. The van der Waals surface area contributed by atoms with Crippen LogP contribution in [-0.4, -0.2) is 42.0 Å². The van der Waals surface area contributed by atoms with E-state index >= 15 is 0 Å². The number of rotatable bonds is 9. The summed E-state index contributed by atoms with van der Waals surface area (Å²) in [4.78, 5) is 4.37. The third-order valence-corrected chi connectivity index (χ3v) is 3.11. The predicted octanol–water partition coefficient (Wildman–Crippen LogP) is 1.39. The molecule has 1 aromatic heterocycles. The van der Waals surface area contributed by atoms with Crippen molar-refractivity contribution in [1.29, 1.82) is 0 Å². The van der Waals surface area contributed by atoms with Crippen molar-refractivity contribution in [3.05, 3.63) is 30.1 Å². The van der Waals surface area contributed by atoms with E-state index in [-0.39, 0.29) is 12.1 Å². The Labute approximate surface area is 109 Å². The summed E-state index contributed by atoms with van der Waals surface area (Å²) >= 11 is 0. The highest BCUT2D eigenvalue weighted by atomic mass is 16.5. The summed E-state index contributed by atoms with van der Waals surface area (Å²) in [5.41, 5.74) is 1.14. The Morgan fingerprint density at radius 2 is 2.22 bits per heavy atom. The zero-order valence-electron chi connectivity index (χ0n) is 11.4. The van der Waals surface area contributed by atoms with Gasteiger partial charge in [0.25, 0.3) is 0 Å². The number of hydrogen-bond acceptors (Lipinski definition) is 4. The third kappa shape index (κ3) is 5.58. The Hall–Kier alpha value is -0.970. The molecule has 0 amide bonds. The molecule has 0 aliphatic carbocycles. The molecule has 0 bridgehead atoms. The molecule has 0 aliphatic heterocycles. The lowest BCUT2D eigenvalue weighted by Gasteiger charge is -2.29. The van der Waals surface area contributed by atoms with Crippen molar-refractivity contribution >= 4 is 0 Å². The average Bonchev–Trinajstić information content (AvgIpc) is 2.40. The monoisotopic (exact) mass is 252 g/mol. The molecule has 1 heterocycles. The number of nitrogens with one attached hydrogen (secondary N) is 1. The van der Waals surface area contributed by atoms with Crippen molar-refractivity contribution in [3.8, 4) is 0 Å². The van der Waals surface area contributed by atoms with Gasteiger partial charge in [-0.1, -0.05) is 13.0 Å². The van der Waals surface area contributed by atoms with Gasteiger partial charge in [-0.15, -0.1) is 0 Å². The minimum absolute atomic E-state index is 0.0386. The maximum absolute atomic E-state index is 8.61. The van der Waals surface area contributed by atoms with Crippen molar-refractivity contribution in [3.63, 3.8) is 0 Å². The molecule has 0 aliphatic rings. The van der Waals surface area contributed by atoms with Crippen LogP contribution in [0.15, 0.2) is 24.4 Å². The van der Waals surface area contributed by atoms with Crippen molar-refractivity contribution < 1.29 is 9.84 Å². The number of aliphatic hydroxyl groups is 1. The molecule has 1 rings (SSSR count). The largest absolute Gasteiger partial charge is 0.394 e. The summed E-state index contributed by atoms with van der Waals surface area (Å²) in [7, 11) is 0. The van der Waals surface area contributed by atoms with Crippen LogP contribution >= 0.6 is 0 Å². The molecule has 1 aromatic rings. The van der Waals surface area contributed by atoms with Crippen LogP contribution < -0.4 is 5.32 Å². The number of pyridine rings is 1. The predicted molar refractivity (Wildman–Crippen MR) is 72.5 cm³/mol. The van der Waals surface area contributed by atoms with E-state index in [0.717, 1.165) is 25.1 Å². The van der Waals surface area contributed by atoms with Crippen LogP contribution in [0.4, 0.5) is 0 Å². The zero-order valence-corrected chi connectivity index (χ0v) is 11.4. The normalized spacial score (nSPS) is 14.4. The van der Waals surface area contributed by atoms with Crippen molar-refractivity contribution in [2.45, 2.75) is 32.2 Å². The van der Waals surface area contributed by atoms with Crippen LogP contribution in [0.1, 0.15) is 26.0 Å². The Bertz CT molecular complexity index is 319. The Morgan fingerprint density at radius 3 is 2.83 bits per heavy atom. The van der Waals surface area contributed by atoms with E-state index in [2.05, 4.69) is 30.2 Å². The maximum atomic E-state index is 8.61. The summed E-state index contributed by atoms with van der Waals surface area (Å²) in [5, 5.41) is 12.1. The SMILES string of the molecule is CCC(C)(Cc1ccccn1)NCCOCCO. The van der Waals surface area contributed by atoms with Gasteiger partial charge < -0.3 is 15.2 Å². The molecular weight excluding hydrogens is 228 g/mol. The summed E-state index contributed by atoms with van der Waals surface area (Å²) in [6.07, 6.45) is 3.77. The van der Waals surface area contributed by atoms with Crippen LogP contribution in [0.25, 0.3) is 0 Å². The minimum atomic E-state index is 0.0386. The summed E-state index contributed by atoms with van der Waals surface area (Å²) in [5.74, 6) is 0. The highest BCUT2D eigenvalue weighted by Gasteiger charge is 2.21. The highest BCUT2D eigenvalue weighted by Crippen LogP contribution is 2.15. The van der Waals surface area contributed by atoms with Gasteiger partial charge in [-0.25, -0.2) is 0 Å². The molecule has 102 valence electrons. The topological polar surface area (TPSA) is 54.4 Å². The molecule has 2 N–H and O–H groups in total. The molecule has 1 unspecified atom stereocenters.